The molecule has 0 radical (unpaired) electrons. The summed E-state index contributed by atoms with van der Waals surface area (Å²) >= 11 is 0. The minimum Gasteiger partial charge on any atom is -0.481 e. The van der Waals surface area contributed by atoms with Crippen molar-refractivity contribution >= 4 is 0 Å². The summed E-state index contributed by atoms with van der Waals surface area (Å²) in [5.41, 5.74) is -0.308. The number of alkyl halides is 2. The Morgan fingerprint density at radius 2 is 2.08 bits per heavy atom. The van der Waals surface area contributed by atoms with Crippen LogP contribution in [-0.2, 0) is 0 Å². The molecule has 1 aromatic rings. The van der Waals surface area contributed by atoms with E-state index in [4.69, 9.17) is 0 Å². The maximum absolute atomic E-state index is 12.8. The summed E-state index contributed by atoms with van der Waals surface area (Å²) < 4.78 is 41.9. The fourth-order valence-corrected chi connectivity index (χ4v) is 0.916. The van der Waals surface area contributed by atoms with Gasteiger partial charge in [0.1, 0.15) is 0 Å². The minimum absolute atomic E-state index is 0.0797. The van der Waals surface area contributed by atoms with Gasteiger partial charge in [0.2, 0.25) is 11.8 Å². The number of rotatable bonds is 2. The van der Waals surface area contributed by atoms with Crippen molar-refractivity contribution in [1.29, 1.82) is 0 Å². The molecule has 0 bridgehead atoms. The van der Waals surface area contributed by atoms with Gasteiger partial charge in [0.15, 0.2) is 0 Å². The molecule has 1 rings (SSSR count). The predicted molar refractivity (Wildman–Crippen MR) is 40.4 cm³/mol. The van der Waals surface area contributed by atoms with E-state index in [2.05, 4.69) is 9.72 Å². The van der Waals surface area contributed by atoms with Gasteiger partial charge < -0.3 is 4.74 Å². The summed E-state index contributed by atoms with van der Waals surface area (Å²) in [6.07, 6.45) is -2.71. The van der Waals surface area contributed by atoms with Gasteiger partial charge in [-0.1, -0.05) is 0 Å². The van der Waals surface area contributed by atoms with Crippen LogP contribution in [0.4, 0.5) is 13.2 Å². The molecule has 72 valence electrons. The molecule has 13 heavy (non-hydrogen) atoms. The number of pyridine rings is 1. The van der Waals surface area contributed by atoms with Crippen molar-refractivity contribution in [3.8, 4) is 5.88 Å². The van der Waals surface area contributed by atoms with Gasteiger partial charge in [-0.2, -0.15) is 9.37 Å². The lowest BCUT2D eigenvalue weighted by Gasteiger charge is -2.07. The highest BCUT2D eigenvalue weighted by Crippen LogP contribution is 2.28. The molecule has 0 amide bonds. The van der Waals surface area contributed by atoms with E-state index < -0.39 is 12.4 Å². The summed E-state index contributed by atoms with van der Waals surface area (Å²) in [5, 5.41) is 0. The molecule has 0 aliphatic carbocycles. The first kappa shape index (κ1) is 9.83. The van der Waals surface area contributed by atoms with Gasteiger partial charge in [-0.05, 0) is 13.0 Å². The molecule has 2 nitrogen and oxygen atoms in total. The second-order valence-corrected chi connectivity index (χ2v) is 2.50. The fourth-order valence-electron chi connectivity index (χ4n) is 0.916. The summed E-state index contributed by atoms with van der Waals surface area (Å²) in [6, 6.07) is 1.03. The maximum Gasteiger partial charge on any atom is 0.269 e. The van der Waals surface area contributed by atoms with Crippen LogP contribution in [0.1, 0.15) is 17.6 Å². The normalized spacial score (nSPS) is 10.6. The molecule has 5 heteroatoms. The Bertz CT molecular complexity index is 315. The zero-order valence-corrected chi connectivity index (χ0v) is 7.14. The van der Waals surface area contributed by atoms with Crippen LogP contribution < -0.4 is 4.74 Å². The molecule has 1 aromatic heterocycles. The highest BCUT2D eigenvalue weighted by atomic mass is 19.3. The summed E-state index contributed by atoms with van der Waals surface area (Å²) in [5.74, 6) is -1.15. The number of methoxy groups -OCH3 is 1. The van der Waals surface area contributed by atoms with Crippen LogP contribution in [0.15, 0.2) is 6.07 Å². The quantitative estimate of drug-likeness (QED) is 0.670. The van der Waals surface area contributed by atoms with Crippen LogP contribution in [0.25, 0.3) is 0 Å². The van der Waals surface area contributed by atoms with E-state index in [0.717, 1.165) is 6.07 Å². The van der Waals surface area contributed by atoms with Gasteiger partial charge in [0.05, 0.1) is 12.7 Å². The van der Waals surface area contributed by atoms with Crippen LogP contribution in [0.5, 0.6) is 5.88 Å². The molecule has 0 saturated carbocycles. The Balaban J connectivity index is 3.25. The third-order valence-corrected chi connectivity index (χ3v) is 1.57. The standard InChI is InChI=1S/C8H8F3NO/c1-4-3-5(6(9)10)8(13-2)12-7(4)11/h3,6H,1-2H3. The predicted octanol–water partition coefficient (Wildman–Crippen LogP) is 2.48. The molecule has 0 N–H and O–H groups in total. The van der Waals surface area contributed by atoms with E-state index in [0.29, 0.717) is 0 Å². The van der Waals surface area contributed by atoms with Crippen LogP contribution >= 0.6 is 0 Å². The number of aromatic nitrogens is 1. The molecule has 1 heterocycles. The second kappa shape index (κ2) is 3.64. The van der Waals surface area contributed by atoms with Crippen molar-refractivity contribution in [2.75, 3.05) is 7.11 Å². The molecule has 0 aliphatic rings. The zero-order chi connectivity index (χ0) is 10.0. The van der Waals surface area contributed by atoms with Gasteiger partial charge in [0, 0.05) is 5.56 Å². The third kappa shape index (κ3) is 1.91. The summed E-state index contributed by atoms with van der Waals surface area (Å²) in [4.78, 5) is 3.24. The van der Waals surface area contributed by atoms with E-state index in [1.54, 1.807) is 0 Å². The van der Waals surface area contributed by atoms with E-state index in [1.165, 1.54) is 14.0 Å². The smallest absolute Gasteiger partial charge is 0.269 e. The van der Waals surface area contributed by atoms with Crippen molar-refractivity contribution in [3.63, 3.8) is 0 Å². The average Bonchev–Trinajstić information content (AvgIpc) is 2.08. The number of hydrogen-bond acceptors (Lipinski definition) is 2. The molecular weight excluding hydrogens is 183 g/mol. The molecule has 0 unspecified atom stereocenters. The van der Waals surface area contributed by atoms with Gasteiger partial charge in [-0.15, -0.1) is 0 Å². The number of halogens is 3. The molecule has 0 saturated heterocycles. The topological polar surface area (TPSA) is 22.1 Å². The molecule has 0 fully saturated rings. The first-order valence-corrected chi connectivity index (χ1v) is 3.55. The van der Waals surface area contributed by atoms with E-state index in [1.807, 2.05) is 0 Å². The first-order chi connectivity index (χ1) is 6.06. The number of ether oxygens (including phenoxy) is 1. The van der Waals surface area contributed by atoms with Crippen LogP contribution in [0.2, 0.25) is 0 Å². The minimum atomic E-state index is -2.71. The third-order valence-electron chi connectivity index (χ3n) is 1.57. The van der Waals surface area contributed by atoms with Crippen LogP contribution in [0, 0.1) is 12.9 Å². The molecule has 0 atom stereocenters. The van der Waals surface area contributed by atoms with E-state index in [9.17, 15) is 13.2 Å². The SMILES string of the molecule is COc1nc(F)c(C)cc1C(F)F. The molecular formula is C8H8F3NO. The zero-order valence-electron chi connectivity index (χ0n) is 7.14. The fraction of sp³-hybridized carbons (Fsp3) is 0.375. The Hall–Kier alpha value is -1.26. The molecule has 0 spiro atoms. The van der Waals surface area contributed by atoms with Crippen molar-refractivity contribution in [1.82, 2.24) is 4.98 Å². The monoisotopic (exact) mass is 191 g/mol. The average molecular weight is 191 g/mol. The van der Waals surface area contributed by atoms with Crippen LogP contribution in [0.3, 0.4) is 0 Å². The van der Waals surface area contributed by atoms with E-state index in [-0.39, 0.29) is 17.0 Å². The lowest BCUT2D eigenvalue weighted by molar-refractivity contribution is 0.145. The summed E-state index contributed by atoms with van der Waals surface area (Å²) in [7, 11) is 1.17. The van der Waals surface area contributed by atoms with Crippen molar-refractivity contribution in [3.05, 3.63) is 23.1 Å². The highest BCUT2D eigenvalue weighted by molar-refractivity contribution is 5.31. The van der Waals surface area contributed by atoms with E-state index >= 15 is 0 Å². The van der Waals surface area contributed by atoms with Crippen molar-refractivity contribution in [2.45, 2.75) is 13.3 Å². The molecule has 0 aromatic carbocycles. The number of nitrogens with zero attached hydrogens (tertiary/aromatic N) is 1. The van der Waals surface area contributed by atoms with Gasteiger partial charge in [-0.25, -0.2) is 8.78 Å². The summed E-state index contributed by atoms with van der Waals surface area (Å²) in [6.45, 7) is 1.37. The maximum atomic E-state index is 12.8. The largest absolute Gasteiger partial charge is 0.481 e. The Kier molecular flexibility index (Phi) is 2.75. The first-order valence-electron chi connectivity index (χ1n) is 3.55. The Morgan fingerprint density at radius 1 is 1.46 bits per heavy atom. The highest BCUT2D eigenvalue weighted by Gasteiger charge is 2.17. The molecule has 0 aliphatic heterocycles. The Labute approximate surface area is 73.4 Å². The van der Waals surface area contributed by atoms with Gasteiger partial charge in [-0.3, -0.25) is 0 Å². The number of hydrogen-bond donors (Lipinski definition) is 0. The van der Waals surface area contributed by atoms with Crippen molar-refractivity contribution in [2.24, 2.45) is 0 Å². The van der Waals surface area contributed by atoms with Crippen molar-refractivity contribution < 1.29 is 17.9 Å². The Morgan fingerprint density at radius 3 is 2.54 bits per heavy atom. The lowest BCUT2D eigenvalue weighted by Crippen LogP contribution is -1.99. The van der Waals surface area contributed by atoms with Gasteiger partial charge >= 0.3 is 0 Å². The second-order valence-electron chi connectivity index (χ2n) is 2.50. The number of aryl methyl sites for hydroxylation is 1. The lowest BCUT2D eigenvalue weighted by atomic mass is 10.2. The van der Waals surface area contributed by atoms with Gasteiger partial charge in [0.25, 0.3) is 6.43 Å². The van der Waals surface area contributed by atoms with Crippen LogP contribution in [-0.4, -0.2) is 12.1 Å².